The quantitative estimate of drug-likeness (QED) is 0.535. The summed E-state index contributed by atoms with van der Waals surface area (Å²) in [6.07, 6.45) is 3.95. The summed E-state index contributed by atoms with van der Waals surface area (Å²) in [5.41, 5.74) is 2.00. The zero-order chi connectivity index (χ0) is 20.3. The first-order valence-corrected chi connectivity index (χ1v) is 9.53. The molecule has 1 aliphatic rings. The number of carbonyl (C=O) groups excluding carboxylic acids is 3. The van der Waals surface area contributed by atoms with Crippen molar-refractivity contribution in [1.82, 2.24) is 14.6 Å². The number of carbonyl (C=O) groups is 3. The number of Topliss-reactive ketones (excluding diaryl/α,β-unsaturated/α-hetero) is 1. The van der Waals surface area contributed by atoms with Crippen molar-refractivity contribution < 1.29 is 23.6 Å². The Morgan fingerprint density at radius 3 is 2.79 bits per heavy atom. The van der Waals surface area contributed by atoms with E-state index in [-0.39, 0.29) is 18.3 Å². The molecule has 150 valence electrons. The van der Waals surface area contributed by atoms with Crippen molar-refractivity contribution in [3.05, 3.63) is 35.3 Å². The van der Waals surface area contributed by atoms with Gasteiger partial charge in [0.05, 0.1) is 0 Å². The molecule has 3 rings (SSSR count). The lowest BCUT2D eigenvalue weighted by atomic mass is 10.1. The highest BCUT2D eigenvalue weighted by molar-refractivity contribution is 5.99. The molecule has 0 bridgehead atoms. The zero-order valence-electron chi connectivity index (χ0n) is 16.4. The molecule has 0 spiro atoms. The molecule has 1 unspecified atom stereocenters. The molecule has 1 aliphatic heterocycles. The first kappa shape index (κ1) is 19.9. The molecule has 0 saturated carbocycles. The molecule has 1 amide bonds. The number of nitrogens with zero attached hydrogens (tertiary/aromatic N) is 3. The van der Waals surface area contributed by atoms with Gasteiger partial charge in [0.25, 0.3) is 0 Å². The summed E-state index contributed by atoms with van der Waals surface area (Å²) in [5, 5.41) is 3.90. The molecular weight excluding hydrogens is 362 g/mol. The number of amides is 1. The minimum Gasteiger partial charge on any atom is -0.456 e. The summed E-state index contributed by atoms with van der Waals surface area (Å²) in [6.45, 7) is 5.80. The van der Waals surface area contributed by atoms with Crippen molar-refractivity contribution in [3.63, 3.8) is 0 Å². The number of hydrogen-bond donors (Lipinski definition) is 0. The van der Waals surface area contributed by atoms with Crippen LogP contribution in [-0.2, 0) is 14.3 Å². The molecule has 0 N–H and O–H groups in total. The largest absolute Gasteiger partial charge is 0.456 e. The van der Waals surface area contributed by atoms with Crippen LogP contribution in [-0.4, -0.2) is 51.5 Å². The molecule has 3 heterocycles. The van der Waals surface area contributed by atoms with Gasteiger partial charge in [0.2, 0.25) is 11.7 Å². The smallest absolute Gasteiger partial charge is 0.329 e. The molecule has 1 atom stereocenters. The van der Waals surface area contributed by atoms with Gasteiger partial charge in [-0.05, 0) is 39.2 Å². The molecule has 1 fully saturated rings. The monoisotopic (exact) mass is 387 g/mol. The second-order valence-corrected chi connectivity index (χ2v) is 7.00. The third-order valence-corrected chi connectivity index (χ3v) is 5.04. The normalized spacial score (nSPS) is 16.4. The van der Waals surface area contributed by atoms with Gasteiger partial charge in [0.15, 0.2) is 12.4 Å². The van der Waals surface area contributed by atoms with E-state index in [9.17, 15) is 14.4 Å². The second kappa shape index (κ2) is 8.41. The van der Waals surface area contributed by atoms with Crippen molar-refractivity contribution in [2.75, 3.05) is 13.2 Å². The van der Waals surface area contributed by atoms with Gasteiger partial charge in [-0.15, -0.1) is 0 Å². The lowest BCUT2D eigenvalue weighted by molar-refractivity contribution is -0.152. The third kappa shape index (κ3) is 3.85. The molecule has 1 saturated heterocycles. The summed E-state index contributed by atoms with van der Waals surface area (Å²) < 4.78 is 11.9. The Hall–Kier alpha value is -2.90. The molecule has 0 aromatic carbocycles. The number of hydrogen-bond acceptors (Lipinski definition) is 6. The van der Waals surface area contributed by atoms with Crippen LogP contribution in [0.25, 0.3) is 5.82 Å². The molecular formula is C20H25N3O5. The van der Waals surface area contributed by atoms with Gasteiger partial charge >= 0.3 is 5.97 Å². The van der Waals surface area contributed by atoms with Gasteiger partial charge < -0.3 is 14.2 Å². The average Bonchev–Trinajstić information content (AvgIpc) is 3.40. The first-order chi connectivity index (χ1) is 13.4. The molecule has 2 aromatic rings. The van der Waals surface area contributed by atoms with Crippen LogP contribution in [0.4, 0.5) is 0 Å². The van der Waals surface area contributed by atoms with E-state index in [1.807, 2.05) is 13.8 Å². The van der Waals surface area contributed by atoms with Gasteiger partial charge in [-0.3, -0.25) is 14.2 Å². The predicted octanol–water partition coefficient (Wildman–Crippen LogP) is 2.60. The molecule has 8 heteroatoms. The highest BCUT2D eigenvalue weighted by Gasteiger charge is 2.35. The van der Waals surface area contributed by atoms with Crippen molar-refractivity contribution in [3.8, 4) is 5.82 Å². The van der Waals surface area contributed by atoms with Crippen molar-refractivity contribution >= 4 is 17.7 Å². The zero-order valence-corrected chi connectivity index (χ0v) is 16.4. The number of ketones is 1. The summed E-state index contributed by atoms with van der Waals surface area (Å²) >= 11 is 0. The van der Waals surface area contributed by atoms with E-state index in [1.54, 1.807) is 28.5 Å². The number of ether oxygens (including phenoxy) is 1. The predicted molar refractivity (Wildman–Crippen MR) is 100 cm³/mol. The maximum absolute atomic E-state index is 12.6. The first-order valence-electron chi connectivity index (χ1n) is 9.53. The van der Waals surface area contributed by atoms with Crippen molar-refractivity contribution in [2.45, 2.75) is 52.5 Å². The minimum atomic E-state index is -0.589. The Bertz CT molecular complexity index is 869. The fourth-order valence-corrected chi connectivity index (χ4v) is 3.70. The summed E-state index contributed by atoms with van der Waals surface area (Å²) in [5.74, 6) is -0.257. The standard InChI is InChI=1S/C20H25N3O5/c1-4-6-19(25)22-9-5-7-16(22)20(26)27-12-17(24)15-11-13(2)23(14(15)3)18-8-10-28-21-18/h8,10-11,16H,4-7,9,12H2,1-3H3. The van der Waals surface area contributed by atoms with Crippen LogP contribution in [0.2, 0.25) is 0 Å². The van der Waals surface area contributed by atoms with E-state index < -0.39 is 12.0 Å². The summed E-state index contributed by atoms with van der Waals surface area (Å²) in [6, 6.07) is 2.86. The van der Waals surface area contributed by atoms with E-state index in [1.165, 1.54) is 6.26 Å². The van der Waals surface area contributed by atoms with Gasteiger partial charge in [-0.2, -0.15) is 0 Å². The number of aryl methyl sites for hydroxylation is 1. The number of aromatic nitrogens is 2. The van der Waals surface area contributed by atoms with Crippen LogP contribution < -0.4 is 0 Å². The van der Waals surface area contributed by atoms with Crippen LogP contribution in [0, 0.1) is 13.8 Å². The highest BCUT2D eigenvalue weighted by Crippen LogP contribution is 2.22. The third-order valence-electron chi connectivity index (χ3n) is 5.04. The minimum absolute atomic E-state index is 0.0376. The summed E-state index contributed by atoms with van der Waals surface area (Å²) in [7, 11) is 0. The van der Waals surface area contributed by atoms with Crippen LogP contribution in [0.3, 0.4) is 0 Å². The SMILES string of the molecule is CCCC(=O)N1CCCC1C(=O)OCC(=O)c1cc(C)n(-c2ccon2)c1C. The topological polar surface area (TPSA) is 94.6 Å². The number of likely N-dealkylation sites (tertiary alicyclic amines) is 1. The molecule has 2 aromatic heterocycles. The Labute approximate surface area is 163 Å². The van der Waals surface area contributed by atoms with Crippen LogP contribution in [0.1, 0.15) is 54.4 Å². The highest BCUT2D eigenvalue weighted by atomic mass is 16.5. The lowest BCUT2D eigenvalue weighted by Gasteiger charge is -2.23. The van der Waals surface area contributed by atoms with E-state index in [4.69, 9.17) is 9.26 Å². The van der Waals surface area contributed by atoms with Crippen molar-refractivity contribution in [1.29, 1.82) is 0 Å². The van der Waals surface area contributed by atoms with E-state index in [2.05, 4.69) is 5.16 Å². The Morgan fingerprint density at radius 1 is 1.32 bits per heavy atom. The van der Waals surface area contributed by atoms with Crippen LogP contribution in [0.15, 0.2) is 22.9 Å². The summed E-state index contributed by atoms with van der Waals surface area (Å²) in [4.78, 5) is 38.8. The van der Waals surface area contributed by atoms with Gasteiger partial charge in [-0.25, -0.2) is 4.79 Å². The fourth-order valence-electron chi connectivity index (χ4n) is 3.70. The number of esters is 1. The molecule has 28 heavy (non-hydrogen) atoms. The van der Waals surface area contributed by atoms with Gasteiger partial charge in [0.1, 0.15) is 12.3 Å². The Balaban J connectivity index is 1.65. The Kier molecular flexibility index (Phi) is 5.96. The van der Waals surface area contributed by atoms with Crippen LogP contribution >= 0.6 is 0 Å². The fraction of sp³-hybridized carbons (Fsp3) is 0.500. The van der Waals surface area contributed by atoms with Gasteiger partial charge in [0, 0.05) is 36.0 Å². The van der Waals surface area contributed by atoms with E-state index in [0.29, 0.717) is 36.5 Å². The van der Waals surface area contributed by atoms with Crippen molar-refractivity contribution in [2.24, 2.45) is 0 Å². The Morgan fingerprint density at radius 2 is 2.11 bits per heavy atom. The number of rotatable bonds is 7. The van der Waals surface area contributed by atoms with Gasteiger partial charge in [-0.1, -0.05) is 12.1 Å². The lowest BCUT2D eigenvalue weighted by Crippen LogP contribution is -2.41. The second-order valence-electron chi connectivity index (χ2n) is 7.00. The van der Waals surface area contributed by atoms with Crippen LogP contribution in [0.5, 0.6) is 0 Å². The van der Waals surface area contributed by atoms with E-state index in [0.717, 1.165) is 18.5 Å². The molecule has 8 nitrogen and oxygen atoms in total. The van der Waals surface area contributed by atoms with E-state index >= 15 is 0 Å². The average molecular weight is 387 g/mol. The molecule has 0 radical (unpaired) electrons. The molecule has 0 aliphatic carbocycles. The maximum Gasteiger partial charge on any atom is 0.329 e. The maximum atomic E-state index is 12.6.